The Morgan fingerprint density at radius 2 is 1.24 bits per heavy atom. The van der Waals surface area contributed by atoms with Crippen molar-refractivity contribution in [3.05, 3.63) is 20.2 Å². The van der Waals surface area contributed by atoms with Crippen molar-refractivity contribution < 1.29 is 38.5 Å². The second-order valence-corrected chi connectivity index (χ2v) is 5.98. The van der Waals surface area contributed by atoms with E-state index in [4.69, 9.17) is 0 Å². The monoisotopic (exact) mass is 358 g/mol. The van der Waals surface area contributed by atoms with Gasteiger partial charge in [-0.1, -0.05) is 0 Å². The molecule has 0 aromatic heterocycles. The van der Waals surface area contributed by atoms with Gasteiger partial charge in [0.2, 0.25) is 11.6 Å². The number of ketones is 2. The highest BCUT2D eigenvalue weighted by Gasteiger charge is 2.74. The number of Topliss-reactive ketones (excluding diaryl/α,β-unsaturated/α-hetero) is 2. The number of carbonyl (C=O) groups excluding carboxylic acids is 4. The maximum absolute atomic E-state index is 12.6. The Hall–Kier alpha value is -2.92. The third kappa shape index (κ3) is 2.20. The lowest BCUT2D eigenvalue weighted by Gasteiger charge is -2.41. The Labute approximate surface area is 139 Å². The number of rotatable bonds is 4. The lowest BCUT2D eigenvalue weighted by Crippen LogP contribution is -2.69. The van der Waals surface area contributed by atoms with Gasteiger partial charge in [0, 0.05) is 34.5 Å². The van der Waals surface area contributed by atoms with Gasteiger partial charge in [-0.2, -0.15) is 0 Å². The molecule has 25 heavy (non-hydrogen) atoms. The van der Waals surface area contributed by atoms with E-state index >= 15 is 0 Å². The number of nitrogens with zero attached hydrogens (tertiary/aromatic N) is 2. The minimum Gasteiger partial charge on any atom is -0.463 e. The first-order valence-corrected chi connectivity index (χ1v) is 7.14. The smallest absolute Gasteiger partial charge is 0.392 e. The summed E-state index contributed by atoms with van der Waals surface area (Å²) in [5.41, 5.74) is -5.62. The summed E-state index contributed by atoms with van der Waals surface area (Å²) in [6.07, 6.45) is -2.00. The molecule has 2 fully saturated rings. The van der Waals surface area contributed by atoms with Gasteiger partial charge in [0.25, 0.3) is 0 Å². The summed E-state index contributed by atoms with van der Waals surface area (Å²) in [6.45, 7) is 0. The highest BCUT2D eigenvalue weighted by Crippen LogP contribution is 2.47. The lowest BCUT2D eigenvalue weighted by molar-refractivity contribution is -0.552. The Kier molecular flexibility index (Phi) is 4.32. The van der Waals surface area contributed by atoms with Gasteiger partial charge in [0.15, 0.2) is 0 Å². The average molecular weight is 358 g/mol. The lowest BCUT2D eigenvalue weighted by atomic mass is 9.58. The molecule has 2 bridgehead atoms. The Bertz CT molecular complexity index is 645. The molecule has 12 heteroatoms. The third-order valence-electron chi connectivity index (χ3n) is 4.88. The van der Waals surface area contributed by atoms with Crippen molar-refractivity contribution in [1.82, 2.24) is 0 Å². The molecule has 0 amide bonds. The number of carbonyl (C=O) groups is 4. The normalized spacial score (nSPS) is 34.2. The van der Waals surface area contributed by atoms with Gasteiger partial charge in [0.1, 0.15) is 0 Å². The number of hydrogen-bond acceptors (Lipinski definition) is 10. The second kappa shape index (κ2) is 5.86. The molecule has 0 aromatic carbocycles. The van der Waals surface area contributed by atoms with E-state index in [0.717, 1.165) is 14.2 Å². The summed E-state index contributed by atoms with van der Waals surface area (Å²) in [4.78, 5) is 69.7. The van der Waals surface area contributed by atoms with Crippen LogP contribution in [0.5, 0.6) is 0 Å². The first kappa shape index (κ1) is 18.4. The second-order valence-electron chi connectivity index (χ2n) is 5.98. The van der Waals surface area contributed by atoms with Crippen LogP contribution < -0.4 is 0 Å². The Balaban J connectivity index is 2.59. The molecule has 0 N–H and O–H groups in total. The maximum atomic E-state index is 12.6. The fourth-order valence-corrected chi connectivity index (χ4v) is 3.68. The molecular formula is C13H14N2O10. The van der Waals surface area contributed by atoms with Crippen molar-refractivity contribution in [2.45, 2.75) is 30.3 Å². The molecule has 0 spiro atoms. The summed E-state index contributed by atoms with van der Waals surface area (Å²) in [5.74, 6) is -8.10. The van der Waals surface area contributed by atoms with Crippen LogP contribution in [0.15, 0.2) is 0 Å². The van der Waals surface area contributed by atoms with Crippen LogP contribution in [-0.4, -0.2) is 58.6 Å². The van der Waals surface area contributed by atoms with Crippen molar-refractivity contribution in [2.24, 2.45) is 11.8 Å². The maximum Gasteiger partial charge on any atom is 0.392 e. The largest absolute Gasteiger partial charge is 0.463 e. The summed E-state index contributed by atoms with van der Waals surface area (Å²) in [5, 5.41) is 22.9. The summed E-state index contributed by atoms with van der Waals surface area (Å²) in [7, 11) is 1.70. The first-order valence-electron chi connectivity index (χ1n) is 7.14. The van der Waals surface area contributed by atoms with E-state index in [0.29, 0.717) is 0 Å². The van der Waals surface area contributed by atoms with E-state index in [2.05, 4.69) is 9.47 Å². The van der Waals surface area contributed by atoms with Crippen LogP contribution in [-0.2, 0) is 28.7 Å². The molecule has 0 aromatic rings. The van der Waals surface area contributed by atoms with Crippen LogP contribution >= 0.6 is 0 Å². The molecule has 2 aliphatic rings. The quantitative estimate of drug-likeness (QED) is 0.260. The molecule has 2 aliphatic carbocycles. The van der Waals surface area contributed by atoms with Crippen LogP contribution in [0, 0.1) is 32.1 Å². The van der Waals surface area contributed by atoms with Crippen molar-refractivity contribution in [3.8, 4) is 0 Å². The molecule has 12 nitrogen and oxygen atoms in total. The van der Waals surface area contributed by atoms with Gasteiger partial charge < -0.3 is 9.47 Å². The number of hydrogen-bond donors (Lipinski definition) is 0. The van der Waals surface area contributed by atoms with Crippen molar-refractivity contribution >= 4 is 23.5 Å². The Morgan fingerprint density at radius 1 is 0.920 bits per heavy atom. The minimum absolute atomic E-state index is 0.211. The zero-order chi connectivity index (χ0) is 19.2. The summed E-state index contributed by atoms with van der Waals surface area (Å²) < 4.78 is 8.71. The molecule has 0 radical (unpaired) electrons. The molecule has 0 unspecified atom stereocenters. The molecule has 0 aliphatic heterocycles. The minimum atomic E-state index is -2.81. The van der Waals surface area contributed by atoms with Gasteiger partial charge in [-0.3, -0.25) is 29.8 Å². The predicted octanol–water partition coefficient (Wildman–Crippen LogP) is -1.07. The first-order chi connectivity index (χ1) is 11.6. The van der Waals surface area contributed by atoms with E-state index in [9.17, 15) is 39.4 Å². The molecule has 2 saturated carbocycles. The van der Waals surface area contributed by atoms with E-state index in [1.165, 1.54) is 0 Å². The van der Waals surface area contributed by atoms with Gasteiger partial charge in [-0.15, -0.1) is 0 Å². The zero-order valence-electron chi connectivity index (χ0n) is 13.3. The zero-order valence-corrected chi connectivity index (χ0v) is 13.3. The van der Waals surface area contributed by atoms with Crippen LogP contribution in [0.1, 0.15) is 19.3 Å². The van der Waals surface area contributed by atoms with Crippen molar-refractivity contribution in [3.63, 3.8) is 0 Å². The van der Waals surface area contributed by atoms with Gasteiger partial charge in [-0.05, 0) is 6.42 Å². The van der Waals surface area contributed by atoms with E-state index in [1.54, 1.807) is 0 Å². The number of nitro groups is 2. The van der Waals surface area contributed by atoms with Crippen LogP contribution in [0.4, 0.5) is 0 Å². The molecule has 136 valence electrons. The standard InChI is InChI=1S/C13H14N2O10/c1-24-10(18)12(14(20)21)4-6-3-7(8(12)16)5-13(9(6)17,15(22)23)11(19)25-2/h6-7H,3-5H2,1-2H3/t6-,7+,12+,13-. The van der Waals surface area contributed by atoms with Gasteiger partial charge >= 0.3 is 23.0 Å². The molecular weight excluding hydrogens is 344 g/mol. The molecule has 2 rings (SSSR count). The van der Waals surface area contributed by atoms with Crippen LogP contribution in [0.3, 0.4) is 0 Å². The van der Waals surface area contributed by atoms with E-state index in [1.807, 2.05) is 0 Å². The number of fused-ring (bicyclic) bond motifs is 2. The molecule has 0 heterocycles. The third-order valence-corrected chi connectivity index (χ3v) is 4.88. The topological polar surface area (TPSA) is 173 Å². The van der Waals surface area contributed by atoms with Crippen molar-refractivity contribution in [2.75, 3.05) is 14.2 Å². The summed E-state index contributed by atoms with van der Waals surface area (Å²) >= 11 is 0. The highest BCUT2D eigenvalue weighted by atomic mass is 16.6. The van der Waals surface area contributed by atoms with E-state index in [-0.39, 0.29) is 6.42 Å². The van der Waals surface area contributed by atoms with Crippen molar-refractivity contribution in [1.29, 1.82) is 0 Å². The fraction of sp³-hybridized carbons (Fsp3) is 0.692. The Morgan fingerprint density at radius 3 is 1.48 bits per heavy atom. The number of esters is 2. The van der Waals surface area contributed by atoms with Crippen LogP contribution in [0.25, 0.3) is 0 Å². The average Bonchev–Trinajstić information content (AvgIpc) is 2.58. The molecule has 0 saturated heterocycles. The molecule has 4 atom stereocenters. The fourth-order valence-electron chi connectivity index (χ4n) is 3.68. The van der Waals surface area contributed by atoms with E-state index < -0.39 is 69.1 Å². The van der Waals surface area contributed by atoms with Gasteiger partial charge in [0.05, 0.1) is 14.2 Å². The number of ether oxygens (including phenoxy) is 2. The predicted molar refractivity (Wildman–Crippen MR) is 74.3 cm³/mol. The van der Waals surface area contributed by atoms with Gasteiger partial charge in [-0.25, -0.2) is 9.59 Å². The highest BCUT2D eigenvalue weighted by molar-refractivity contribution is 6.14. The summed E-state index contributed by atoms with van der Waals surface area (Å²) in [6, 6.07) is 0. The SMILES string of the molecule is COC(=O)[C@@]1([N+](=O)[O-])C[C@@H]2C[C@H](C[C@](C(=O)OC)([N+](=O)[O-])C2=O)C1=O. The number of methoxy groups -OCH3 is 2. The van der Waals surface area contributed by atoms with Crippen LogP contribution in [0.2, 0.25) is 0 Å².